The van der Waals surface area contributed by atoms with Crippen LogP contribution in [-0.2, 0) is 4.79 Å². The topological polar surface area (TPSA) is 20.3 Å². The van der Waals surface area contributed by atoms with E-state index in [4.69, 9.17) is 0 Å². The molecular weight excluding hydrogens is 270 g/mol. The summed E-state index contributed by atoms with van der Waals surface area (Å²) in [5.74, 6) is 0.250. The van der Waals surface area contributed by atoms with Crippen LogP contribution in [0.25, 0.3) is 0 Å². The van der Waals surface area contributed by atoms with Crippen molar-refractivity contribution in [3.8, 4) is 0 Å². The van der Waals surface area contributed by atoms with Crippen molar-refractivity contribution in [3.63, 3.8) is 0 Å². The highest BCUT2D eigenvalue weighted by molar-refractivity contribution is 5.93. The first-order valence-corrected chi connectivity index (χ1v) is 8.94. The summed E-state index contributed by atoms with van der Waals surface area (Å²) in [5.41, 5.74) is 3.62. The third kappa shape index (κ3) is 5.15. The highest BCUT2D eigenvalue weighted by Crippen LogP contribution is 2.26. The van der Waals surface area contributed by atoms with Gasteiger partial charge in [0.2, 0.25) is 5.91 Å². The Hall–Kier alpha value is -1.31. The van der Waals surface area contributed by atoms with E-state index in [1.807, 2.05) is 6.92 Å². The van der Waals surface area contributed by atoms with Crippen LogP contribution in [0.5, 0.6) is 0 Å². The Kier molecular flexibility index (Phi) is 8.22. The van der Waals surface area contributed by atoms with Crippen molar-refractivity contribution in [1.29, 1.82) is 0 Å². The molecule has 0 fully saturated rings. The number of carbonyl (C=O) groups excluding carboxylic acids is 1. The van der Waals surface area contributed by atoms with Crippen molar-refractivity contribution >= 4 is 11.6 Å². The Labute approximate surface area is 136 Å². The molecule has 0 heterocycles. The van der Waals surface area contributed by atoms with Gasteiger partial charge < -0.3 is 4.90 Å². The van der Waals surface area contributed by atoms with Crippen LogP contribution in [0.3, 0.4) is 0 Å². The monoisotopic (exact) mass is 303 g/mol. The van der Waals surface area contributed by atoms with Crippen molar-refractivity contribution in [2.24, 2.45) is 0 Å². The first kappa shape index (κ1) is 18.7. The molecule has 0 aliphatic heterocycles. The highest BCUT2D eigenvalue weighted by atomic mass is 16.2. The van der Waals surface area contributed by atoms with E-state index in [0.29, 0.717) is 12.5 Å². The molecule has 0 radical (unpaired) electrons. The molecule has 0 aliphatic carbocycles. The van der Waals surface area contributed by atoms with Crippen LogP contribution in [0.4, 0.5) is 5.69 Å². The van der Waals surface area contributed by atoms with Gasteiger partial charge in [-0.2, -0.15) is 0 Å². The summed E-state index contributed by atoms with van der Waals surface area (Å²) in [5, 5.41) is 0. The summed E-state index contributed by atoms with van der Waals surface area (Å²) in [4.78, 5) is 14.7. The predicted molar refractivity (Wildman–Crippen MR) is 96.5 cm³/mol. The molecule has 22 heavy (non-hydrogen) atoms. The summed E-state index contributed by atoms with van der Waals surface area (Å²) < 4.78 is 0. The SMILES string of the molecule is CCCCC(CCCC)N(C(=O)CC)c1ccc(C)c(C)c1. The second-order valence-corrected chi connectivity index (χ2v) is 6.32. The number of amides is 1. The molecule has 0 N–H and O–H groups in total. The van der Waals surface area contributed by atoms with Crippen molar-refractivity contribution < 1.29 is 4.79 Å². The zero-order valence-electron chi connectivity index (χ0n) is 15.1. The van der Waals surface area contributed by atoms with E-state index in [1.54, 1.807) is 0 Å². The molecule has 0 spiro atoms. The maximum atomic E-state index is 12.6. The van der Waals surface area contributed by atoms with Gasteiger partial charge in [-0.05, 0) is 49.9 Å². The fraction of sp³-hybridized carbons (Fsp3) is 0.650. The molecule has 0 atom stereocenters. The number of carbonyl (C=O) groups is 1. The van der Waals surface area contributed by atoms with Gasteiger partial charge in [0.15, 0.2) is 0 Å². The molecule has 0 aliphatic rings. The molecule has 0 saturated heterocycles. The van der Waals surface area contributed by atoms with E-state index in [9.17, 15) is 4.79 Å². The van der Waals surface area contributed by atoms with Gasteiger partial charge >= 0.3 is 0 Å². The van der Waals surface area contributed by atoms with E-state index in [-0.39, 0.29) is 5.91 Å². The number of anilines is 1. The standard InChI is InChI=1S/C20H33NO/c1-6-9-11-18(12-10-7-2)21(20(22)8-3)19-14-13-16(4)17(5)15-19/h13-15,18H,6-12H2,1-5H3. The van der Waals surface area contributed by atoms with Crippen LogP contribution in [0, 0.1) is 13.8 Å². The van der Waals surface area contributed by atoms with E-state index in [2.05, 4.69) is 50.8 Å². The molecule has 0 aromatic heterocycles. The van der Waals surface area contributed by atoms with E-state index in [1.165, 1.54) is 36.8 Å². The molecule has 0 unspecified atom stereocenters. The highest BCUT2D eigenvalue weighted by Gasteiger charge is 2.23. The van der Waals surface area contributed by atoms with Gasteiger partial charge in [0.25, 0.3) is 0 Å². The normalized spacial score (nSPS) is 11.0. The summed E-state index contributed by atoms with van der Waals surface area (Å²) in [6, 6.07) is 6.76. The molecule has 0 saturated carbocycles. The molecule has 1 aromatic carbocycles. The number of hydrogen-bond donors (Lipinski definition) is 0. The third-order valence-electron chi connectivity index (χ3n) is 4.49. The molecule has 1 aromatic rings. The van der Waals surface area contributed by atoms with Crippen LogP contribution in [0.1, 0.15) is 76.8 Å². The average Bonchev–Trinajstić information content (AvgIpc) is 2.52. The summed E-state index contributed by atoms with van der Waals surface area (Å²) in [7, 11) is 0. The van der Waals surface area contributed by atoms with Gasteiger partial charge in [0, 0.05) is 18.2 Å². The third-order valence-corrected chi connectivity index (χ3v) is 4.49. The number of unbranched alkanes of at least 4 members (excludes halogenated alkanes) is 2. The first-order chi connectivity index (χ1) is 10.5. The smallest absolute Gasteiger partial charge is 0.226 e. The molecule has 2 heteroatoms. The number of benzene rings is 1. The van der Waals surface area contributed by atoms with Crippen LogP contribution in [0.2, 0.25) is 0 Å². The summed E-state index contributed by atoms with van der Waals surface area (Å²) in [6.07, 6.45) is 7.53. The minimum Gasteiger partial charge on any atom is -0.309 e. The molecule has 1 rings (SSSR count). The van der Waals surface area contributed by atoms with Crippen LogP contribution >= 0.6 is 0 Å². The maximum Gasteiger partial charge on any atom is 0.226 e. The molecule has 124 valence electrons. The van der Waals surface area contributed by atoms with Crippen molar-refractivity contribution in [2.45, 2.75) is 85.6 Å². The molecule has 0 bridgehead atoms. The molecule has 1 amide bonds. The predicted octanol–water partition coefficient (Wildman–Crippen LogP) is 5.80. The zero-order valence-corrected chi connectivity index (χ0v) is 15.1. The maximum absolute atomic E-state index is 12.6. The number of hydrogen-bond acceptors (Lipinski definition) is 1. The minimum atomic E-state index is 0.250. The average molecular weight is 303 g/mol. The number of aryl methyl sites for hydroxylation is 2. The Morgan fingerprint density at radius 1 is 1.00 bits per heavy atom. The van der Waals surface area contributed by atoms with Crippen LogP contribution < -0.4 is 4.90 Å². The van der Waals surface area contributed by atoms with Gasteiger partial charge in [0.1, 0.15) is 0 Å². The summed E-state index contributed by atoms with van der Waals surface area (Å²) >= 11 is 0. The quantitative estimate of drug-likeness (QED) is 0.565. The van der Waals surface area contributed by atoms with Gasteiger partial charge in [-0.15, -0.1) is 0 Å². The van der Waals surface area contributed by atoms with Crippen LogP contribution in [0.15, 0.2) is 18.2 Å². The Bertz CT molecular complexity index is 459. The largest absolute Gasteiger partial charge is 0.309 e. The lowest BCUT2D eigenvalue weighted by molar-refractivity contribution is -0.118. The van der Waals surface area contributed by atoms with Crippen molar-refractivity contribution in [3.05, 3.63) is 29.3 Å². The van der Waals surface area contributed by atoms with Gasteiger partial charge in [-0.25, -0.2) is 0 Å². The number of rotatable bonds is 9. The lowest BCUT2D eigenvalue weighted by Gasteiger charge is -2.32. The molecular formula is C20H33NO. The lowest BCUT2D eigenvalue weighted by Crippen LogP contribution is -2.40. The van der Waals surface area contributed by atoms with Gasteiger partial charge in [-0.3, -0.25) is 4.79 Å². The Morgan fingerprint density at radius 3 is 2.05 bits per heavy atom. The zero-order chi connectivity index (χ0) is 16.5. The minimum absolute atomic E-state index is 0.250. The second kappa shape index (κ2) is 9.66. The van der Waals surface area contributed by atoms with E-state index in [0.717, 1.165) is 18.5 Å². The van der Waals surface area contributed by atoms with Crippen molar-refractivity contribution in [1.82, 2.24) is 0 Å². The van der Waals surface area contributed by atoms with Gasteiger partial charge in [-0.1, -0.05) is 52.5 Å². The molecule has 2 nitrogen and oxygen atoms in total. The first-order valence-electron chi connectivity index (χ1n) is 8.94. The van der Waals surface area contributed by atoms with Crippen molar-refractivity contribution in [2.75, 3.05) is 4.90 Å². The Morgan fingerprint density at radius 2 is 1.59 bits per heavy atom. The van der Waals surface area contributed by atoms with Crippen LogP contribution in [-0.4, -0.2) is 11.9 Å². The fourth-order valence-electron chi connectivity index (χ4n) is 2.89. The fourth-order valence-corrected chi connectivity index (χ4v) is 2.89. The number of nitrogens with zero attached hydrogens (tertiary/aromatic N) is 1. The lowest BCUT2D eigenvalue weighted by atomic mass is 9.99. The van der Waals surface area contributed by atoms with Gasteiger partial charge in [0.05, 0.1) is 0 Å². The van der Waals surface area contributed by atoms with E-state index >= 15 is 0 Å². The summed E-state index contributed by atoms with van der Waals surface area (Å²) in [6.45, 7) is 10.7. The van der Waals surface area contributed by atoms with E-state index < -0.39 is 0 Å². The Balaban J connectivity index is 3.10. The second-order valence-electron chi connectivity index (χ2n) is 6.32.